The topological polar surface area (TPSA) is 82.8 Å². The van der Waals surface area contributed by atoms with Crippen LogP contribution in [0.25, 0.3) is 5.52 Å². The third-order valence-electron chi connectivity index (χ3n) is 6.87. The van der Waals surface area contributed by atoms with Crippen molar-refractivity contribution in [1.29, 1.82) is 5.26 Å². The van der Waals surface area contributed by atoms with Gasteiger partial charge in [0.05, 0.1) is 29.6 Å². The van der Waals surface area contributed by atoms with Gasteiger partial charge in [-0.15, -0.1) is 0 Å². The monoisotopic (exact) mass is 430 g/mol. The Bertz CT molecular complexity index is 1110. The van der Waals surface area contributed by atoms with E-state index in [1.807, 2.05) is 24.3 Å². The maximum Gasteiger partial charge on any atom is 0.142 e. The Morgan fingerprint density at radius 2 is 1.91 bits per heavy atom. The predicted molar refractivity (Wildman–Crippen MR) is 124 cm³/mol. The van der Waals surface area contributed by atoms with Crippen LogP contribution in [-0.2, 0) is 10.3 Å². The normalized spacial score (nSPS) is 23.8. The maximum atomic E-state index is 9.37. The van der Waals surface area contributed by atoms with Crippen LogP contribution >= 0.6 is 0 Å². The Labute approximate surface area is 189 Å². The number of piperidine rings is 1. The van der Waals surface area contributed by atoms with Gasteiger partial charge < -0.3 is 20.3 Å². The van der Waals surface area contributed by atoms with Gasteiger partial charge in [0.25, 0.3) is 0 Å². The number of morpholine rings is 1. The molecule has 7 heteroatoms. The molecule has 4 heterocycles. The Morgan fingerprint density at radius 1 is 1.12 bits per heavy atom. The molecule has 0 unspecified atom stereocenters. The van der Waals surface area contributed by atoms with Crippen molar-refractivity contribution in [2.75, 3.05) is 37.6 Å². The molecule has 0 aliphatic carbocycles. The number of rotatable bonds is 4. The highest BCUT2D eigenvalue weighted by atomic mass is 16.5. The van der Waals surface area contributed by atoms with Gasteiger partial charge in [0.1, 0.15) is 11.8 Å². The smallest absolute Gasteiger partial charge is 0.142 e. The van der Waals surface area contributed by atoms with E-state index in [4.69, 9.17) is 10.5 Å². The van der Waals surface area contributed by atoms with Crippen LogP contribution in [0.1, 0.15) is 31.0 Å². The summed E-state index contributed by atoms with van der Waals surface area (Å²) in [4.78, 5) is 4.86. The van der Waals surface area contributed by atoms with Crippen molar-refractivity contribution in [3.8, 4) is 6.07 Å². The largest absolute Gasteiger partial charge is 0.370 e. The average molecular weight is 431 g/mol. The first-order valence-electron chi connectivity index (χ1n) is 11.4. The van der Waals surface area contributed by atoms with E-state index in [2.05, 4.69) is 52.2 Å². The lowest BCUT2D eigenvalue weighted by molar-refractivity contribution is -0.0370. The maximum absolute atomic E-state index is 9.37. The van der Waals surface area contributed by atoms with Gasteiger partial charge in [0.15, 0.2) is 0 Å². The average Bonchev–Trinajstić information content (AvgIpc) is 3.30. The molecule has 2 atom stereocenters. The number of hydrogen-bond acceptors (Lipinski definition) is 6. The molecule has 2 N–H and O–H groups in total. The Balaban J connectivity index is 1.26. The van der Waals surface area contributed by atoms with Gasteiger partial charge in [0, 0.05) is 38.3 Å². The van der Waals surface area contributed by atoms with Gasteiger partial charge in [-0.25, -0.2) is 4.52 Å². The van der Waals surface area contributed by atoms with Crippen molar-refractivity contribution >= 4 is 11.2 Å². The molecule has 2 aliphatic rings. The molecule has 1 aromatic carbocycles. The molecule has 0 amide bonds. The first-order valence-corrected chi connectivity index (χ1v) is 11.4. The second-order valence-corrected chi connectivity index (χ2v) is 9.14. The van der Waals surface area contributed by atoms with Crippen molar-refractivity contribution in [3.63, 3.8) is 0 Å². The number of nitrogens with two attached hydrogens (primary N) is 1. The standard InChI is InChI=1S/C25H30N6O/c1-19-16-30(23-8-7-21(15-26)31-24(23)9-12-28-31)18-22(32-19)17-29-13-10-25(27,11-14-29)20-5-3-2-4-6-20/h2-9,12,19,22H,10-11,13-14,16-18,27H2,1H3/t19-,22+/m1/s1. The number of benzene rings is 1. The van der Waals surface area contributed by atoms with Gasteiger partial charge in [-0.3, -0.25) is 0 Å². The molecule has 32 heavy (non-hydrogen) atoms. The molecular weight excluding hydrogens is 400 g/mol. The van der Waals surface area contributed by atoms with Gasteiger partial charge in [0.2, 0.25) is 0 Å². The van der Waals surface area contributed by atoms with Crippen molar-refractivity contribution in [3.05, 3.63) is 66.0 Å². The summed E-state index contributed by atoms with van der Waals surface area (Å²) in [6, 6.07) is 18.6. The fourth-order valence-electron chi connectivity index (χ4n) is 5.18. The van der Waals surface area contributed by atoms with E-state index < -0.39 is 0 Å². The zero-order chi connectivity index (χ0) is 22.1. The lowest BCUT2D eigenvalue weighted by Gasteiger charge is -2.43. The van der Waals surface area contributed by atoms with E-state index in [0.29, 0.717) is 5.69 Å². The van der Waals surface area contributed by atoms with Gasteiger partial charge >= 0.3 is 0 Å². The van der Waals surface area contributed by atoms with E-state index in [0.717, 1.165) is 56.8 Å². The Hall–Kier alpha value is -2.92. The second-order valence-electron chi connectivity index (χ2n) is 9.14. The molecule has 7 nitrogen and oxygen atoms in total. The molecule has 5 rings (SSSR count). The number of nitriles is 1. The SMILES string of the molecule is C[C@@H]1CN(c2ccc(C#N)n3nccc23)C[C@H](CN2CCC(N)(c3ccccc3)CC2)O1. The number of ether oxygens (including phenoxy) is 1. The Kier molecular flexibility index (Phi) is 5.60. The minimum atomic E-state index is -0.236. The molecule has 0 bridgehead atoms. The zero-order valence-corrected chi connectivity index (χ0v) is 18.5. The minimum absolute atomic E-state index is 0.124. The molecule has 0 spiro atoms. The fourth-order valence-corrected chi connectivity index (χ4v) is 5.18. The first kappa shape index (κ1) is 21.0. The van der Waals surface area contributed by atoms with Crippen LogP contribution in [0.2, 0.25) is 0 Å². The van der Waals surface area contributed by atoms with Crippen LogP contribution in [0.3, 0.4) is 0 Å². The van der Waals surface area contributed by atoms with E-state index in [1.54, 1.807) is 10.7 Å². The highest BCUT2D eigenvalue weighted by Crippen LogP contribution is 2.31. The summed E-state index contributed by atoms with van der Waals surface area (Å²) in [6.45, 7) is 6.63. The number of likely N-dealkylation sites (tertiary alicyclic amines) is 1. The van der Waals surface area contributed by atoms with Crippen molar-refractivity contribution in [1.82, 2.24) is 14.5 Å². The molecule has 0 saturated carbocycles. The van der Waals surface area contributed by atoms with Crippen LogP contribution in [0, 0.1) is 11.3 Å². The third kappa shape index (κ3) is 3.97. The third-order valence-corrected chi connectivity index (χ3v) is 6.87. The molecule has 2 saturated heterocycles. The molecule has 2 aliphatic heterocycles. The van der Waals surface area contributed by atoms with E-state index in [-0.39, 0.29) is 17.7 Å². The summed E-state index contributed by atoms with van der Waals surface area (Å²) in [6.07, 6.45) is 3.92. The van der Waals surface area contributed by atoms with Crippen LogP contribution in [0.4, 0.5) is 5.69 Å². The molecule has 166 valence electrons. The number of hydrogen-bond donors (Lipinski definition) is 1. The number of anilines is 1. The summed E-state index contributed by atoms with van der Waals surface area (Å²) in [5, 5.41) is 13.7. The van der Waals surface area contributed by atoms with E-state index in [1.165, 1.54) is 5.56 Å². The minimum Gasteiger partial charge on any atom is -0.370 e. The lowest BCUT2D eigenvalue weighted by atomic mass is 9.82. The molecule has 2 aromatic heterocycles. The molecule has 2 fully saturated rings. The second kappa shape index (κ2) is 8.55. The van der Waals surface area contributed by atoms with Crippen LogP contribution in [-0.4, -0.2) is 59.4 Å². The highest BCUT2D eigenvalue weighted by molar-refractivity contribution is 5.74. The summed E-state index contributed by atoms with van der Waals surface area (Å²) in [5.41, 5.74) is 10.4. The summed E-state index contributed by atoms with van der Waals surface area (Å²) in [7, 11) is 0. The van der Waals surface area contributed by atoms with E-state index >= 15 is 0 Å². The number of fused-ring (bicyclic) bond motifs is 1. The summed E-state index contributed by atoms with van der Waals surface area (Å²) >= 11 is 0. The molecule has 3 aromatic rings. The number of pyridine rings is 1. The van der Waals surface area contributed by atoms with Crippen LogP contribution in [0.15, 0.2) is 54.7 Å². The first-order chi connectivity index (χ1) is 15.6. The number of aromatic nitrogens is 2. The Morgan fingerprint density at radius 3 is 2.66 bits per heavy atom. The zero-order valence-electron chi connectivity index (χ0n) is 18.5. The summed E-state index contributed by atoms with van der Waals surface area (Å²) < 4.78 is 8.05. The van der Waals surface area contributed by atoms with E-state index in [9.17, 15) is 5.26 Å². The highest BCUT2D eigenvalue weighted by Gasteiger charge is 2.34. The van der Waals surface area contributed by atoms with Gasteiger partial charge in [-0.05, 0) is 43.5 Å². The van der Waals surface area contributed by atoms with Crippen LogP contribution < -0.4 is 10.6 Å². The van der Waals surface area contributed by atoms with Crippen LogP contribution in [0.5, 0.6) is 0 Å². The van der Waals surface area contributed by atoms with Crippen molar-refractivity contribution in [2.24, 2.45) is 5.73 Å². The lowest BCUT2D eigenvalue weighted by Crippen LogP contribution is -2.54. The summed E-state index contributed by atoms with van der Waals surface area (Å²) in [5.74, 6) is 0. The van der Waals surface area contributed by atoms with Gasteiger partial charge in [-0.1, -0.05) is 30.3 Å². The van der Waals surface area contributed by atoms with Crippen molar-refractivity contribution < 1.29 is 4.74 Å². The molecular formula is C25H30N6O. The fraction of sp³-hybridized carbons (Fsp3) is 0.440. The predicted octanol–water partition coefficient (Wildman–Crippen LogP) is 2.75. The number of nitrogens with zero attached hydrogens (tertiary/aromatic N) is 5. The van der Waals surface area contributed by atoms with Gasteiger partial charge in [-0.2, -0.15) is 10.4 Å². The van der Waals surface area contributed by atoms with Crippen molar-refractivity contribution in [2.45, 2.75) is 37.5 Å². The quantitative estimate of drug-likeness (QED) is 0.685. The molecule has 0 radical (unpaired) electrons.